The molecule has 5 heteroatoms. The van der Waals surface area contributed by atoms with Gasteiger partial charge in [0.2, 0.25) is 0 Å². The van der Waals surface area contributed by atoms with Gasteiger partial charge in [-0.2, -0.15) is 5.10 Å². The fraction of sp³-hybridized carbons (Fsp3) is 0.238. The van der Waals surface area contributed by atoms with Crippen LogP contribution in [0, 0.1) is 0 Å². The molecule has 2 aromatic carbocycles. The zero-order chi connectivity index (χ0) is 17.9. The quantitative estimate of drug-likeness (QED) is 0.732. The Bertz CT molecular complexity index is 875. The van der Waals surface area contributed by atoms with E-state index in [4.69, 9.17) is 0 Å². The van der Waals surface area contributed by atoms with E-state index in [9.17, 15) is 4.79 Å². The van der Waals surface area contributed by atoms with Crippen molar-refractivity contribution in [3.63, 3.8) is 0 Å². The molecule has 2 heterocycles. The zero-order valence-electron chi connectivity index (χ0n) is 14.8. The van der Waals surface area contributed by atoms with Gasteiger partial charge in [0.25, 0.3) is 5.91 Å². The minimum absolute atomic E-state index is 0.0362. The van der Waals surface area contributed by atoms with Crippen molar-refractivity contribution < 1.29 is 4.79 Å². The first-order valence-electron chi connectivity index (χ1n) is 8.87. The molecule has 1 fully saturated rings. The van der Waals surface area contributed by atoms with E-state index >= 15 is 0 Å². The maximum Gasteiger partial charge on any atom is 0.257 e. The Balaban J connectivity index is 1.61. The Kier molecular flexibility index (Phi) is 4.54. The smallest absolute Gasteiger partial charge is 0.257 e. The molecule has 1 atom stereocenters. The van der Waals surface area contributed by atoms with Gasteiger partial charge in [-0.15, -0.1) is 0 Å². The lowest BCUT2D eigenvalue weighted by atomic mass is 10.0. The van der Waals surface area contributed by atoms with Crippen LogP contribution in [0.2, 0.25) is 0 Å². The summed E-state index contributed by atoms with van der Waals surface area (Å²) in [5.74, 6) is 0.0362. The van der Waals surface area contributed by atoms with Gasteiger partial charge >= 0.3 is 0 Å². The van der Waals surface area contributed by atoms with E-state index in [0.717, 1.165) is 18.8 Å². The molecule has 1 aliphatic rings. The van der Waals surface area contributed by atoms with Gasteiger partial charge in [0, 0.05) is 25.8 Å². The number of para-hydroxylation sites is 1. The third kappa shape index (κ3) is 3.26. The summed E-state index contributed by atoms with van der Waals surface area (Å²) in [6, 6.07) is 20.2. The highest BCUT2D eigenvalue weighted by molar-refractivity contribution is 5.94. The zero-order valence-corrected chi connectivity index (χ0v) is 14.8. The molecule has 3 aromatic rings. The lowest BCUT2D eigenvalue weighted by Gasteiger charge is -2.40. The molecule has 26 heavy (non-hydrogen) atoms. The average Bonchev–Trinajstić information content (AvgIpc) is 3.19. The van der Waals surface area contributed by atoms with E-state index in [1.54, 1.807) is 10.9 Å². The molecule has 132 valence electrons. The number of amides is 1. The van der Waals surface area contributed by atoms with Crippen molar-refractivity contribution >= 4 is 5.91 Å². The van der Waals surface area contributed by atoms with Crippen molar-refractivity contribution in [2.75, 3.05) is 26.7 Å². The normalized spacial score (nSPS) is 18.0. The van der Waals surface area contributed by atoms with E-state index in [2.05, 4.69) is 29.2 Å². The van der Waals surface area contributed by atoms with Crippen LogP contribution in [0.4, 0.5) is 0 Å². The minimum atomic E-state index is 0.0362. The Morgan fingerprint density at radius 1 is 1.00 bits per heavy atom. The van der Waals surface area contributed by atoms with Crippen LogP contribution in [0.3, 0.4) is 0 Å². The van der Waals surface area contributed by atoms with Crippen LogP contribution in [-0.4, -0.2) is 52.2 Å². The molecule has 0 saturated carbocycles. The lowest BCUT2D eigenvalue weighted by molar-refractivity contribution is 0.0498. The summed E-state index contributed by atoms with van der Waals surface area (Å²) in [5.41, 5.74) is 2.74. The molecule has 0 bridgehead atoms. The van der Waals surface area contributed by atoms with Crippen LogP contribution in [0.25, 0.3) is 5.69 Å². The van der Waals surface area contributed by atoms with Gasteiger partial charge in [0.15, 0.2) is 0 Å². The van der Waals surface area contributed by atoms with Crippen LogP contribution < -0.4 is 0 Å². The number of hydrogen-bond acceptors (Lipinski definition) is 3. The average molecular weight is 346 g/mol. The largest absolute Gasteiger partial charge is 0.329 e. The molecule has 1 saturated heterocycles. The Morgan fingerprint density at radius 3 is 2.42 bits per heavy atom. The van der Waals surface area contributed by atoms with Crippen LogP contribution in [0.15, 0.2) is 73.1 Å². The van der Waals surface area contributed by atoms with Crippen LogP contribution in [0.5, 0.6) is 0 Å². The van der Waals surface area contributed by atoms with Gasteiger partial charge in [-0.25, -0.2) is 4.68 Å². The molecule has 5 nitrogen and oxygen atoms in total. The van der Waals surface area contributed by atoms with E-state index < -0.39 is 0 Å². The number of rotatable bonds is 3. The number of piperazine rings is 1. The second-order valence-corrected chi connectivity index (χ2v) is 6.70. The predicted molar refractivity (Wildman–Crippen MR) is 101 cm³/mol. The Labute approximate surface area is 153 Å². The molecule has 0 N–H and O–H groups in total. The van der Waals surface area contributed by atoms with Crippen LogP contribution in [0.1, 0.15) is 22.0 Å². The van der Waals surface area contributed by atoms with E-state index in [-0.39, 0.29) is 11.9 Å². The first kappa shape index (κ1) is 16.5. The third-order valence-electron chi connectivity index (χ3n) is 4.88. The van der Waals surface area contributed by atoms with Crippen LogP contribution in [-0.2, 0) is 0 Å². The predicted octanol–water partition coefficient (Wildman–Crippen LogP) is 3.00. The van der Waals surface area contributed by atoms with Crippen molar-refractivity contribution in [2.45, 2.75) is 6.04 Å². The first-order chi connectivity index (χ1) is 12.7. The van der Waals surface area contributed by atoms with Gasteiger partial charge in [-0.1, -0.05) is 48.5 Å². The summed E-state index contributed by atoms with van der Waals surface area (Å²) in [5, 5.41) is 4.37. The number of aromatic nitrogens is 2. The maximum atomic E-state index is 13.2. The van der Waals surface area contributed by atoms with Crippen molar-refractivity contribution in [3.05, 3.63) is 84.2 Å². The Hall–Kier alpha value is -2.92. The molecule has 1 amide bonds. The van der Waals surface area contributed by atoms with Crippen molar-refractivity contribution in [1.82, 2.24) is 19.6 Å². The number of carbonyl (C=O) groups is 1. The summed E-state index contributed by atoms with van der Waals surface area (Å²) in [7, 11) is 2.10. The van der Waals surface area contributed by atoms with E-state index in [0.29, 0.717) is 12.1 Å². The van der Waals surface area contributed by atoms with Gasteiger partial charge < -0.3 is 9.80 Å². The third-order valence-corrected chi connectivity index (χ3v) is 4.88. The summed E-state index contributed by atoms with van der Waals surface area (Å²) >= 11 is 0. The van der Waals surface area contributed by atoms with E-state index in [1.807, 2.05) is 59.6 Å². The molecular weight excluding hydrogens is 324 g/mol. The first-order valence-corrected chi connectivity index (χ1v) is 8.87. The SMILES string of the molecule is CN1CCN(C(=O)c2cnn(-c3ccccc3)c2)[C@@H](c2ccccc2)C1. The second kappa shape index (κ2) is 7.14. The van der Waals surface area contributed by atoms with Crippen LogP contribution >= 0.6 is 0 Å². The fourth-order valence-corrected chi connectivity index (χ4v) is 3.44. The number of likely N-dealkylation sites (N-methyl/N-ethyl adjacent to an activating group) is 1. The van der Waals surface area contributed by atoms with Gasteiger partial charge in [-0.3, -0.25) is 4.79 Å². The van der Waals surface area contributed by atoms with Crippen molar-refractivity contribution in [2.24, 2.45) is 0 Å². The monoisotopic (exact) mass is 346 g/mol. The lowest BCUT2D eigenvalue weighted by Crippen LogP contribution is -2.49. The second-order valence-electron chi connectivity index (χ2n) is 6.70. The number of nitrogens with zero attached hydrogens (tertiary/aromatic N) is 4. The Morgan fingerprint density at radius 2 is 1.69 bits per heavy atom. The standard InChI is InChI=1S/C21H22N4O/c1-23-12-13-24(20(16-23)17-8-4-2-5-9-17)21(26)18-14-22-25(15-18)19-10-6-3-7-11-19/h2-11,14-15,20H,12-13,16H2,1H3/t20-/m1/s1. The highest BCUT2D eigenvalue weighted by Gasteiger charge is 2.31. The molecule has 1 aliphatic heterocycles. The summed E-state index contributed by atoms with van der Waals surface area (Å²) in [4.78, 5) is 17.4. The van der Waals surface area contributed by atoms with Gasteiger partial charge in [-0.05, 0) is 24.7 Å². The summed E-state index contributed by atoms with van der Waals surface area (Å²) in [6.07, 6.45) is 3.48. The number of benzene rings is 2. The van der Waals surface area contributed by atoms with E-state index in [1.165, 1.54) is 5.56 Å². The van der Waals surface area contributed by atoms with Gasteiger partial charge in [0.05, 0.1) is 23.5 Å². The summed E-state index contributed by atoms with van der Waals surface area (Å²) in [6.45, 7) is 2.43. The summed E-state index contributed by atoms with van der Waals surface area (Å²) < 4.78 is 1.75. The molecule has 0 aliphatic carbocycles. The molecule has 0 spiro atoms. The fourth-order valence-electron chi connectivity index (χ4n) is 3.44. The topological polar surface area (TPSA) is 41.4 Å². The maximum absolute atomic E-state index is 13.2. The number of carbonyl (C=O) groups excluding carboxylic acids is 1. The molecule has 0 radical (unpaired) electrons. The molecule has 4 rings (SSSR count). The molecule has 1 aromatic heterocycles. The minimum Gasteiger partial charge on any atom is -0.329 e. The highest BCUT2D eigenvalue weighted by Crippen LogP contribution is 2.26. The molecule has 0 unspecified atom stereocenters. The van der Waals surface area contributed by atoms with Gasteiger partial charge in [0.1, 0.15) is 0 Å². The van der Waals surface area contributed by atoms with Crippen molar-refractivity contribution in [3.8, 4) is 5.69 Å². The highest BCUT2D eigenvalue weighted by atomic mass is 16.2. The molecular formula is C21H22N4O. The number of hydrogen-bond donors (Lipinski definition) is 0. The van der Waals surface area contributed by atoms with Crippen molar-refractivity contribution in [1.29, 1.82) is 0 Å².